The number of carbonyl (C=O) groups is 1. The monoisotopic (exact) mass is 722 g/mol. The Hall–Kier alpha value is -5.17. The summed E-state index contributed by atoms with van der Waals surface area (Å²) in [5, 5.41) is 1.75. The molecule has 0 radical (unpaired) electrons. The summed E-state index contributed by atoms with van der Waals surface area (Å²) in [4.78, 5) is 41.5. The van der Waals surface area contributed by atoms with Crippen molar-refractivity contribution in [2.24, 2.45) is 0 Å². The number of likely N-dealkylation sites (N-methyl/N-ethyl adjacent to an activating group) is 1. The number of halogens is 3. The van der Waals surface area contributed by atoms with Crippen LogP contribution in [0.25, 0.3) is 39.0 Å². The Kier molecular flexibility index (Phi) is 9.21. The molecule has 0 spiro atoms. The summed E-state index contributed by atoms with van der Waals surface area (Å²) in [7, 11) is 1.86. The molecule has 6 heterocycles. The fourth-order valence-corrected chi connectivity index (χ4v) is 8.42. The van der Waals surface area contributed by atoms with E-state index >= 15 is 8.78 Å². The van der Waals surface area contributed by atoms with Crippen LogP contribution in [-0.2, 0) is 11.2 Å². The first-order chi connectivity index (χ1) is 25.6. The second-order valence-corrected chi connectivity index (χ2v) is 14.4. The number of hydrogen-bond acceptors (Lipinski definition) is 9. The number of pyridine rings is 1. The molecule has 1 unspecified atom stereocenters. The zero-order valence-corrected chi connectivity index (χ0v) is 30.0. The predicted octanol–water partition coefficient (Wildman–Crippen LogP) is 6.49. The second-order valence-electron chi connectivity index (χ2n) is 14.4. The van der Waals surface area contributed by atoms with Crippen LogP contribution in [-0.4, -0.2) is 98.2 Å². The third-order valence-corrected chi connectivity index (χ3v) is 11.1. The maximum atomic E-state index is 17.0. The van der Waals surface area contributed by atoms with Gasteiger partial charge in [0.2, 0.25) is 5.91 Å². The Morgan fingerprint density at radius 1 is 1.09 bits per heavy atom. The van der Waals surface area contributed by atoms with Gasteiger partial charge in [-0.2, -0.15) is 9.97 Å². The van der Waals surface area contributed by atoms with Crippen LogP contribution in [0.15, 0.2) is 54.9 Å². The smallest absolute Gasteiger partial charge is 0.319 e. The van der Waals surface area contributed by atoms with Gasteiger partial charge in [-0.1, -0.05) is 31.2 Å². The molecule has 0 aliphatic carbocycles. The molecule has 3 aliphatic rings. The number of hydrogen-bond donors (Lipinski definition) is 0. The van der Waals surface area contributed by atoms with Crippen LogP contribution in [0.4, 0.5) is 19.0 Å². The van der Waals surface area contributed by atoms with Crippen LogP contribution in [0.1, 0.15) is 49.7 Å². The zero-order valence-electron chi connectivity index (χ0n) is 30.0. The summed E-state index contributed by atoms with van der Waals surface area (Å²) < 4.78 is 52.9. The maximum Gasteiger partial charge on any atom is 0.319 e. The number of aryl methyl sites for hydroxylation is 2. The number of amides is 1. The van der Waals surface area contributed by atoms with E-state index in [9.17, 15) is 9.18 Å². The van der Waals surface area contributed by atoms with E-state index in [2.05, 4.69) is 24.8 Å². The molecule has 13 heteroatoms. The van der Waals surface area contributed by atoms with Crippen molar-refractivity contribution >= 4 is 39.5 Å². The summed E-state index contributed by atoms with van der Waals surface area (Å²) in [6.45, 7) is 5.94. The minimum Gasteiger partial charge on any atom is -0.461 e. The molecular formula is C40H41F3N8O2. The number of benzene rings is 2. The first-order valence-electron chi connectivity index (χ1n) is 18.2. The molecule has 3 aromatic heterocycles. The molecule has 274 valence electrons. The fraction of sp³-hybridized carbons (Fsp3) is 0.400. The largest absolute Gasteiger partial charge is 0.461 e. The number of carbonyl (C=O) groups excluding carboxylic acids is 1. The van der Waals surface area contributed by atoms with Gasteiger partial charge in [-0.25, -0.2) is 23.1 Å². The van der Waals surface area contributed by atoms with Gasteiger partial charge in [-0.3, -0.25) is 14.7 Å². The molecule has 8 rings (SSSR count). The van der Waals surface area contributed by atoms with Crippen LogP contribution in [0.3, 0.4) is 0 Å². The highest BCUT2D eigenvalue weighted by atomic mass is 19.1. The van der Waals surface area contributed by atoms with Gasteiger partial charge in [0.15, 0.2) is 5.82 Å². The number of aromatic nitrogens is 5. The lowest BCUT2D eigenvalue weighted by Gasteiger charge is -2.31. The van der Waals surface area contributed by atoms with E-state index in [1.54, 1.807) is 54.6 Å². The summed E-state index contributed by atoms with van der Waals surface area (Å²) in [6.07, 6.45) is 8.63. The lowest BCUT2D eigenvalue weighted by Crippen LogP contribution is -2.43. The van der Waals surface area contributed by atoms with E-state index in [0.717, 1.165) is 24.8 Å². The van der Waals surface area contributed by atoms with Crippen molar-refractivity contribution in [3.05, 3.63) is 83.6 Å². The summed E-state index contributed by atoms with van der Waals surface area (Å²) in [6, 6.07) is 10.1. The summed E-state index contributed by atoms with van der Waals surface area (Å²) in [5.41, 5.74) is 1.19. The molecule has 0 bridgehead atoms. The highest BCUT2D eigenvalue weighted by molar-refractivity contribution is 6.01. The van der Waals surface area contributed by atoms with E-state index < -0.39 is 17.5 Å². The number of anilines is 1. The molecule has 3 fully saturated rings. The van der Waals surface area contributed by atoms with Crippen molar-refractivity contribution in [2.75, 3.05) is 44.7 Å². The van der Waals surface area contributed by atoms with E-state index in [-0.39, 0.29) is 41.6 Å². The lowest BCUT2D eigenvalue weighted by molar-refractivity contribution is -0.124. The molecule has 5 aromatic rings. The molecule has 1 amide bonds. The number of ether oxygens (including phenoxy) is 1. The molecular weight excluding hydrogens is 681 g/mol. The van der Waals surface area contributed by atoms with Gasteiger partial charge < -0.3 is 14.5 Å². The summed E-state index contributed by atoms with van der Waals surface area (Å²) >= 11 is 0. The first kappa shape index (κ1) is 34.9. The van der Waals surface area contributed by atoms with Crippen molar-refractivity contribution in [1.82, 2.24) is 34.7 Å². The third kappa shape index (κ3) is 6.45. The normalized spacial score (nSPS) is 21.7. The SMILES string of the molecule is CCc1c(F)ccc2cccc(-c3ncc4c(N(C)[C@@H]5CCN(C(=O)/C=C/c6ccnc(C)n6)C5)nc(OC[C@@]56CCCN5CC(F)C6)nc4c3F)c12. The van der Waals surface area contributed by atoms with Gasteiger partial charge in [0.05, 0.1) is 16.6 Å². The highest BCUT2D eigenvalue weighted by Crippen LogP contribution is 2.41. The molecule has 3 atom stereocenters. The summed E-state index contributed by atoms with van der Waals surface area (Å²) in [5.74, 6) is -0.160. The van der Waals surface area contributed by atoms with E-state index in [4.69, 9.17) is 9.72 Å². The lowest BCUT2D eigenvalue weighted by atomic mass is 9.95. The van der Waals surface area contributed by atoms with Crippen LogP contribution < -0.4 is 9.64 Å². The Labute approximate surface area is 305 Å². The van der Waals surface area contributed by atoms with Crippen LogP contribution in [0.2, 0.25) is 0 Å². The van der Waals surface area contributed by atoms with Gasteiger partial charge in [-0.05, 0) is 73.7 Å². The molecule has 3 saturated heterocycles. The van der Waals surface area contributed by atoms with Gasteiger partial charge in [0, 0.05) is 63.2 Å². The molecule has 10 nitrogen and oxygen atoms in total. The van der Waals surface area contributed by atoms with Crippen molar-refractivity contribution in [1.29, 1.82) is 0 Å². The van der Waals surface area contributed by atoms with Crippen LogP contribution in [0.5, 0.6) is 6.01 Å². The Bertz CT molecular complexity index is 2250. The Morgan fingerprint density at radius 3 is 2.79 bits per heavy atom. The van der Waals surface area contributed by atoms with Crippen LogP contribution >= 0.6 is 0 Å². The van der Waals surface area contributed by atoms with Gasteiger partial charge in [0.1, 0.15) is 41.4 Å². The number of alkyl halides is 1. The van der Waals surface area contributed by atoms with Crippen molar-refractivity contribution < 1.29 is 22.7 Å². The van der Waals surface area contributed by atoms with Gasteiger partial charge >= 0.3 is 6.01 Å². The minimum absolute atomic E-state index is 0.0119. The Balaban J connectivity index is 1.16. The standard InChI is InChI=1S/C40H41F3N8O2/c1-4-29-32(42)11-9-25-7-5-8-30(34(25)29)36-35(43)37-31(20-45-36)38(48-39(47-37)53-23-40-15-6-17-51(40)21-26(41)19-40)49(3)28-14-18-50(22-28)33(52)12-10-27-13-16-44-24(2)46-27/h5,7-13,16,20,26,28H,4,6,14-15,17-19,21-23H2,1-3H3/b12-10+/t26?,28-,40+/m1/s1. The Morgan fingerprint density at radius 2 is 1.96 bits per heavy atom. The van der Waals surface area contributed by atoms with E-state index in [1.165, 1.54) is 12.1 Å². The molecule has 0 saturated carbocycles. The molecule has 3 aliphatic heterocycles. The van der Waals surface area contributed by atoms with Crippen molar-refractivity contribution in [3.63, 3.8) is 0 Å². The topological polar surface area (TPSA) is 100 Å². The first-order valence-corrected chi connectivity index (χ1v) is 18.2. The fourth-order valence-electron chi connectivity index (χ4n) is 8.42. The van der Waals surface area contributed by atoms with E-state index in [0.29, 0.717) is 78.1 Å². The number of fused-ring (bicyclic) bond motifs is 3. The minimum atomic E-state index is -0.935. The van der Waals surface area contributed by atoms with Crippen LogP contribution in [0, 0.1) is 18.6 Å². The quantitative estimate of drug-likeness (QED) is 0.158. The molecule has 0 N–H and O–H groups in total. The average molecular weight is 723 g/mol. The molecule has 53 heavy (non-hydrogen) atoms. The van der Waals surface area contributed by atoms with Crippen molar-refractivity contribution in [3.8, 4) is 17.3 Å². The highest BCUT2D eigenvalue weighted by Gasteiger charge is 2.49. The third-order valence-electron chi connectivity index (χ3n) is 11.1. The zero-order chi connectivity index (χ0) is 36.9. The number of rotatable bonds is 9. The average Bonchev–Trinajstić information content (AvgIpc) is 3.88. The van der Waals surface area contributed by atoms with Gasteiger partial charge in [0.25, 0.3) is 0 Å². The second kappa shape index (κ2) is 14.0. The maximum absolute atomic E-state index is 17.0. The molecule has 2 aromatic carbocycles. The number of likely N-dealkylation sites (tertiary alicyclic amines) is 1. The van der Waals surface area contributed by atoms with Crippen molar-refractivity contribution in [2.45, 2.75) is 63.7 Å². The number of nitrogens with zero attached hydrogens (tertiary/aromatic N) is 8. The van der Waals surface area contributed by atoms with Gasteiger partial charge in [-0.15, -0.1) is 0 Å². The van der Waals surface area contributed by atoms with E-state index in [1.807, 2.05) is 24.9 Å². The predicted molar refractivity (Wildman–Crippen MR) is 197 cm³/mol.